The number of aromatic nitrogens is 4. The number of methoxy groups -OCH3 is 2. The van der Waals surface area contributed by atoms with Gasteiger partial charge < -0.3 is 29.4 Å². The van der Waals surface area contributed by atoms with Gasteiger partial charge in [0.05, 0.1) is 14.2 Å². The summed E-state index contributed by atoms with van der Waals surface area (Å²) >= 11 is 0. The van der Waals surface area contributed by atoms with Crippen LogP contribution in [-0.4, -0.2) is 34.2 Å². The molecule has 5 heterocycles. The summed E-state index contributed by atoms with van der Waals surface area (Å²) in [7, 11) is 3.44. The molecule has 0 saturated carbocycles. The number of ether oxygens (including phenoxy) is 2. The average Bonchev–Trinajstić information content (AvgIpc) is 4.04. The number of fused-ring (bicyclic) bond motifs is 8. The topological polar surface area (TPSA) is 81.6 Å². The molecule has 0 saturated heterocycles. The monoisotopic (exact) mass is 760 g/mol. The Balaban J connectivity index is 1.47. The lowest BCUT2D eigenvalue weighted by Gasteiger charge is -2.15. The molecule has 0 unspecified atom stereocenters. The Labute approximate surface area is 339 Å². The van der Waals surface area contributed by atoms with Crippen LogP contribution < -0.4 is 30.9 Å². The number of H-pyrrole nitrogens is 4. The molecule has 0 spiro atoms. The zero-order valence-corrected chi connectivity index (χ0v) is 34.4. The molecule has 288 valence electrons. The van der Waals surface area contributed by atoms with Gasteiger partial charge in [0.25, 0.3) is 0 Å². The fraction of sp³-hybridized carbons (Fsp3) is 0.154. The lowest BCUT2D eigenvalue weighted by atomic mass is 9.92. The standard InChI is InChI=1S/C52H48N4O2/c1-29-23-31(3)47(32(4)24-29)51-43-19-15-39(53-43)49(35-11-9-13-37(27-35)57-7)41-17-21-45(55-41)52(48-33(5)25-30(2)26-34(48)6)46-22-18-42(56-46)50(40-16-20-44(51)54-40)36-12-10-14-38(28-36)58-8/h9-28,53-56H,1-8H3. The molecule has 6 heteroatoms. The second-order valence-corrected chi connectivity index (χ2v) is 15.7. The van der Waals surface area contributed by atoms with E-state index in [1.807, 2.05) is 12.1 Å². The van der Waals surface area contributed by atoms with Crippen molar-refractivity contribution in [2.75, 3.05) is 14.2 Å². The molecule has 1 aliphatic rings. The van der Waals surface area contributed by atoms with Crippen molar-refractivity contribution in [2.24, 2.45) is 0 Å². The van der Waals surface area contributed by atoms with Gasteiger partial charge in [-0.05, 0) is 159 Å². The smallest absolute Gasteiger partial charge is 0.119 e. The van der Waals surface area contributed by atoms with Gasteiger partial charge in [-0.15, -0.1) is 0 Å². The summed E-state index contributed by atoms with van der Waals surface area (Å²) in [5.41, 5.74) is 20.2. The molecule has 9 rings (SSSR count). The van der Waals surface area contributed by atoms with Crippen LogP contribution in [0.4, 0.5) is 0 Å². The summed E-state index contributed by atoms with van der Waals surface area (Å²) < 4.78 is 11.5. The minimum atomic E-state index is 0.799. The first-order valence-electron chi connectivity index (χ1n) is 19.8. The highest BCUT2D eigenvalue weighted by Gasteiger charge is 2.21. The predicted octanol–water partition coefficient (Wildman–Crippen LogP) is 8.17. The second-order valence-electron chi connectivity index (χ2n) is 15.7. The number of aromatic amines is 4. The van der Waals surface area contributed by atoms with Crippen molar-refractivity contribution in [3.63, 3.8) is 0 Å². The average molecular weight is 761 g/mol. The summed E-state index contributed by atoms with van der Waals surface area (Å²) in [6.07, 6.45) is 0. The third kappa shape index (κ3) is 6.41. The molecule has 0 fully saturated rings. The highest BCUT2D eigenvalue weighted by Crippen LogP contribution is 2.33. The van der Waals surface area contributed by atoms with E-state index in [-0.39, 0.29) is 0 Å². The molecular weight excluding hydrogens is 713 g/mol. The van der Waals surface area contributed by atoms with Crippen molar-refractivity contribution >= 4 is 22.3 Å². The maximum absolute atomic E-state index is 5.76. The van der Waals surface area contributed by atoms with Crippen molar-refractivity contribution in [3.8, 4) is 11.5 Å². The van der Waals surface area contributed by atoms with E-state index in [0.717, 1.165) is 89.1 Å². The van der Waals surface area contributed by atoms with Crippen LogP contribution in [0.3, 0.4) is 0 Å². The number of hydrogen-bond donors (Lipinski definition) is 4. The molecule has 8 bridgehead atoms. The molecular formula is C52H48N4O2. The molecule has 1 aliphatic heterocycles. The molecule has 4 N–H and O–H groups in total. The van der Waals surface area contributed by atoms with E-state index in [4.69, 9.17) is 9.47 Å². The SMILES string of the molecule is COc1cccc(C2=c3ccc([nH]3)=C(c3c(C)cc(C)cc3C)c3ccc([nH]3)C(c3cccc(OC)c3)=c3ccc([nH]3)=C(c3c(C)cc(C)cc3C)c3ccc2[nH]3)c1. The third-order valence-corrected chi connectivity index (χ3v) is 11.5. The van der Waals surface area contributed by atoms with Gasteiger partial charge >= 0.3 is 0 Å². The Bertz CT molecular complexity index is 2900. The summed E-state index contributed by atoms with van der Waals surface area (Å²) in [6, 6.07) is 43.4. The summed E-state index contributed by atoms with van der Waals surface area (Å²) in [5, 5.41) is 4.01. The molecule has 0 aliphatic carbocycles. The molecule has 4 aromatic heterocycles. The highest BCUT2D eigenvalue weighted by atomic mass is 16.5. The van der Waals surface area contributed by atoms with Crippen molar-refractivity contribution < 1.29 is 9.47 Å². The lowest BCUT2D eigenvalue weighted by molar-refractivity contribution is 0.414. The van der Waals surface area contributed by atoms with E-state index >= 15 is 0 Å². The summed E-state index contributed by atoms with van der Waals surface area (Å²) in [6.45, 7) is 13.2. The van der Waals surface area contributed by atoms with Crippen LogP contribution in [0, 0.1) is 41.5 Å². The number of aryl methyl sites for hydroxylation is 6. The van der Waals surface area contributed by atoms with E-state index in [1.165, 1.54) is 44.5 Å². The Morgan fingerprint density at radius 2 is 0.672 bits per heavy atom. The number of nitrogens with one attached hydrogen (secondary N) is 4. The van der Waals surface area contributed by atoms with Crippen molar-refractivity contribution in [3.05, 3.63) is 221 Å². The quantitative estimate of drug-likeness (QED) is 0.138. The highest BCUT2D eigenvalue weighted by molar-refractivity contribution is 5.87. The first-order chi connectivity index (χ1) is 28.1. The van der Waals surface area contributed by atoms with Gasteiger partial charge in [-0.25, -0.2) is 0 Å². The fourth-order valence-electron chi connectivity index (χ4n) is 9.19. The second kappa shape index (κ2) is 14.5. The van der Waals surface area contributed by atoms with Crippen LogP contribution in [-0.2, 0) is 0 Å². The van der Waals surface area contributed by atoms with Gasteiger partial charge in [-0.2, -0.15) is 0 Å². The molecule has 4 aromatic carbocycles. The number of rotatable bonds is 6. The van der Waals surface area contributed by atoms with E-state index < -0.39 is 0 Å². The first-order valence-corrected chi connectivity index (χ1v) is 19.8. The van der Waals surface area contributed by atoms with Crippen molar-refractivity contribution in [1.29, 1.82) is 0 Å². The Morgan fingerprint density at radius 1 is 0.345 bits per heavy atom. The maximum Gasteiger partial charge on any atom is 0.119 e. The van der Waals surface area contributed by atoms with Crippen LogP contribution >= 0.6 is 0 Å². The van der Waals surface area contributed by atoms with E-state index in [0.29, 0.717) is 0 Å². The summed E-state index contributed by atoms with van der Waals surface area (Å²) in [4.78, 5) is 15.7. The molecule has 58 heavy (non-hydrogen) atoms. The third-order valence-electron chi connectivity index (χ3n) is 11.5. The van der Waals surface area contributed by atoms with Crippen LogP contribution in [0.1, 0.15) is 78.4 Å². The van der Waals surface area contributed by atoms with Crippen molar-refractivity contribution in [2.45, 2.75) is 41.5 Å². The lowest BCUT2D eigenvalue weighted by Crippen LogP contribution is -2.20. The minimum Gasteiger partial charge on any atom is -0.497 e. The van der Waals surface area contributed by atoms with Gasteiger partial charge in [-0.3, -0.25) is 0 Å². The largest absolute Gasteiger partial charge is 0.497 e. The van der Waals surface area contributed by atoms with E-state index in [2.05, 4.69) is 171 Å². The minimum absolute atomic E-state index is 0.799. The van der Waals surface area contributed by atoms with Gasteiger partial charge in [-0.1, -0.05) is 59.7 Å². The van der Waals surface area contributed by atoms with Crippen LogP contribution in [0.25, 0.3) is 22.3 Å². The van der Waals surface area contributed by atoms with E-state index in [1.54, 1.807) is 14.2 Å². The zero-order chi connectivity index (χ0) is 40.2. The van der Waals surface area contributed by atoms with Crippen molar-refractivity contribution in [1.82, 2.24) is 19.9 Å². The maximum atomic E-state index is 5.76. The molecule has 0 amide bonds. The normalized spacial score (nSPS) is 12.7. The van der Waals surface area contributed by atoms with Gasteiger partial charge in [0, 0.05) is 66.5 Å². The van der Waals surface area contributed by atoms with Crippen LogP contribution in [0.2, 0.25) is 0 Å². The number of hydrogen-bond acceptors (Lipinski definition) is 2. The number of benzene rings is 4. The van der Waals surface area contributed by atoms with Gasteiger partial charge in [0.2, 0.25) is 0 Å². The molecule has 8 aromatic rings. The Morgan fingerprint density at radius 3 is 1.02 bits per heavy atom. The van der Waals surface area contributed by atoms with Gasteiger partial charge in [0.1, 0.15) is 11.5 Å². The molecule has 0 radical (unpaired) electrons. The van der Waals surface area contributed by atoms with Crippen LogP contribution in [0.5, 0.6) is 11.5 Å². The predicted molar refractivity (Wildman–Crippen MR) is 235 cm³/mol. The Kier molecular flexibility index (Phi) is 9.20. The fourth-order valence-corrected chi connectivity index (χ4v) is 9.19. The van der Waals surface area contributed by atoms with E-state index in [9.17, 15) is 0 Å². The van der Waals surface area contributed by atoms with Gasteiger partial charge in [0.15, 0.2) is 0 Å². The Hall–Kier alpha value is -6.92. The zero-order valence-electron chi connectivity index (χ0n) is 34.4. The first kappa shape index (κ1) is 36.7. The molecule has 6 nitrogen and oxygen atoms in total. The summed E-state index contributed by atoms with van der Waals surface area (Å²) in [5.74, 6) is 1.60. The van der Waals surface area contributed by atoms with Crippen LogP contribution in [0.15, 0.2) is 121 Å². The molecule has 0 atom stereocenters.